The standard InChI is InChI=1S/C13H12F2N2O4/c1-19-7-11(18)16-12-6-10(17-21-12)8-2-4-9(5-3-8)20-13(14)15/h2-6,13H,7H2,1H3,(H,16,18). The van der Waals surface area contributed by atoms with E-state index in [1.54, 1.807) is 12.1 Å². The number of anilines is 1. The Balaban J connectivity index is 2.05. The molecule has 0 unspecified atom stereocenters. The highest BCUT2D eigenvalue weighted by Crippen LogP contribution is 2.24. The van der Waals surface area contributed by atoms with E-state index in [0.717, 1.165) is 0 Å². The lowest BCUT2D eigenvalue weighted by Crippen LogP contribution is -2.16. The molecule has 0 aliphatic rings. The van der Waals surface area contributed by atoms with Gasteiger partial charge in [-0.25, -0.2) is 0 Å². The number of aromatic nitrogens is 1. The van der Waals surface area contributed by atoms with Gasteiger partial charge in [0.25, 0.3) is 5.91 Å². The van der Waals surface area contributed by atoms with Gasteiger partial charge in [-0.3, -0.25) is 10.1 Å². The van der Waals surface area contributed by atoms with Crippen LogP contribution in [0.15, 0.2) is 34.9 Å². The molecule has 1 aromatic carbocycles. The first-order valence-electron chi connectivity index (χ1n) is 5.89. The Morgan fingerprint density at radius 2 is 2.10 bits per heavy atom. The summed E-state index contributed by atoms with van der Waals surface area (Å²) >= 11 is 0. The number of benzene rings is 1. The smallest absolute Gasteiger partial charge is 0.387 e. The molecule has 112 valence electrons. The van der Waals surface area contributed by atoms with E-state index in [-0.39, 0.29) is 24.1 Å². The first-order chi connectivity index (χ1) is 10.1. The number of carbonyl (C=O) groups is 1. The van der Waals surface area contributed by atoms with E-state index in [0.29, 0.717) is 11.3 Å². The van der Waals surface area contributed by atoms with Crippen LogP contribution in [0.3, 0.4) is 0 Å². The Bertz CT molecular complexity index is 598. The third-order valence-electron chi connectivity index (χ3n) is 2.42. The Kier molecular flexibility index (Phi) is 4.83. The molecule has 21 heavy (non-hydrogen) atoms. The van der Waals surface area contributed by atoms with Crippen molar-refractivity contribution < 1.29 is 27.6 Å². The molecule has 0 saturated carbocycles. The van der Waals surface area contributed by atoms with Crippen LogP contribution in [-0.4, -0.2) is 31.4 Å². The molecule has 1 N–H and O–H groups in total. The van der Waals surface area contributed by atoms with Gasteiger partial charge in [0, 0.05) is 18.7 Å². The number of hydrogen-bond acceptors (Lipinski definition) is 5. The average Bonchev–Trinajstić information content (AvgIpc) is 2.87. The lowest BCUT2D eigenvalue weighted by atomic mass is 10.1. The maximum atomic E-state index is 12.0. The topological polar surface area (TPSA) is 73.6 Å². The maximum absolute atomic E-state index is 12.0. The van der Waals surface area contributed by atoms with Crippen molar-refractivity contribution in [3.63, 3.8) is 0 Å². The second-order valence-electron chi connectivity index (χ2n) is 3.96. The minimum atomic E-state index is -2.87. The molecule has 0 fully saturated rings. The van der Waals surface area contributed by atoms with Gasteiger partial charge in [0.15, 0.2) is 0 Å². The van der Waals surface area contributed by atoms with Crippen LogP contribution in [0.2, 0.25) is 0 Å². The molecule has 1 amide bonds. The SMILES string of the molecule is COCC(=O)Nc1cc(-c2ccc(OC(F)F)cc2)no1. The number of carbonyl (C=O) groups excluding carboxylic acids is 1. The average molecular weight is 298 g/mol. The number of hydrogen-bond donors (Lipinski definition) is 1. The van der Waals surface area contributed by atoms with Gasteiger partial charge in [-0.15, -0.1) is 0 Å². The summed E-state index contributed by atoms with van der Waals surface area (Å²) in [4.78, 5) is 11.3. The van der Waals surface area contributed by atoms with E-state index in [4.69, 9.17) is 4.52 Å². The third kappa shape index (κ3) is 4.25. The van der Waals surface area contributed by atoms with Crippen LogP contribution >= 0.6 is 0 Å². The minimum Gasteiger partial charge on any atom is -0.435 e. The Morgan fingerprint density at radius 3 is 2.71 bits per heavy atom. The zero-order valence-corrected chi connectivity index (χ0v) is 11.0. The zero-order valence-electron chi connectivity index (χ0n) is 11.0. The number of amides is 1. The quantitative estimate of drug-likeness (QED) is 0.887. The van der Waals surface area contributed by atoms with Gasteiger partial charge in [0.2, 0.25) is 5.88 Å². The molecule has 1 heterocycles. The van der Waals surface area contributed by atoms with Crippen molar-refractivity contribution in [1.82, 2.24) is 5.16 Å². The number of alkyl halides is 2. The molecule has 2 rings (SSSR count). The predicted molar refractivity (Wildman–Crippen MR) is 69.1 cm³/mol. The Morgan fingerprint density at radius 1 is 1.38 bits per heavy atom. The van der Waals surface area contributed by atoms with Crippen molar-refractivity contribution in [1.29, 1.82) is 0 Å². The second kappa shape index (κ2) is 6.80. The Hall–Kier alpha value is -2.48. The predicted octanol–water partition coefficient (Wildman–Crippen LogP) is 2.53. The normalized spacial score (nSPS) is 10.7. The molecule has 1 aromatic heterocycles. The van der Waals surface area contributed by atoms with Crippen molar-refractivity contribution in [2.24, 2.45) is 0 Å². The van der Waals surface area contributed by atoms with Gasteiger partial charge in [0.1, 0.15) is 18.1 Å². The van der Waals surface area contributed by atoms with Crippen LogP contribution in [0.5, 0.6) is 5.75 Å². The highest BCUT2D eigenvalue weighted by Gasteiger charge is 2.10. The molecule has 0 aliphatic heterocycles. The van der Waals surface area contributed by atoms with Crippen LogP contribution in [-0.2, 0) is 9.53 Å². The number of halogens is 2. The minimum absolute atomic E-state index is 0.0471. The molecule has 0 radical (unpaired) electrons. The van der Waals surface area contributed by atoms with Gasteiger partial charge < -0.3 is 14.0 Å². The van der Waals surface area contributed by atoms with Crippen molar-refractivity contribution >= 4 is 11.8 Å². The molecule has 0 spiro atoms. The summed E-state index contributed by atoms with van der Waals surface area (Å²) < 4.78 is 37.9. The molecule has 8 heteroatoms. The Labute approximate surface area is 118 Å². The van der Waals surface area contributed by atoms with E-state index >= 15 is 0 Å². The summed E-state index contributed by atoms with van der Waals surface area (Å²) in [7, 11) is 1.40. The maximum Gasteiger partial charge on any atom is 0.387 e. The number of nitrogens with one attached hydrogen (secondary N) is 1. The van der Waals surface area contributed by atoms with Crippen LogP contribution in [0.4, 0.5) is 14.7 Å². The van der Waals surface area contributed by atoms with Gasteiger partial charge >= 0.3 is 6.61 Å². The second-order valence-corrected chi connectivity index (χ2v) is 3.96. The molecule has 6 nitrogen and oxygen atoms in total. The molecular weight excluding hydrogens is 286 g/mol. The van der Waals surface area contributed by atoms with Gasteiger partial charge in [-0.1, -0.05) is 5.16 Å². The van der Waals surface area contributed by atoms with E-state index in [2.05, 4.69) is 19.9 Å². The first-order valence-corrected chi connectivity index (χ1v) is 5.89. The molecule has 0 aliphatic carbocycles. The highest BCUT2D eigenvalue weighted by atomic mass is 19.3. The fraction of sp³-hybridized carbons (Fsp3) is 0.231. The van der Waals surface area contributed by atoms with Crippen LogP contribution in [0.25, 0.3) is 11.3 Å². The first kappa shape index (κ1) is 14.9. The van der Waals surface area contributed by atoms with Gasteiger partial charge in [-0.2, -0.15) is 8.78 Å². The van der Waals surface area contributed by atoms with E-state index < -0.39 is 6.61 Å². The third-order valence-corrected chi connectivity index (χ3v) is 2.42. The number of methoxy groups -OCH3 is 1. The van der Waals surface area contributed by atoms with E-state index in [1.165, 1.54) is 25.3 Å². The summed E-state index contributed by atoms with van der Waals surface area (Å²) in [6.45, 7) is -2.97. The number of nitrogens with zero attached hydrogens (tertiary/aromatic N) is 1. The highest BCUT2D eigenvalue weighted by molar-refractivity contribution is 5.90. The lowest BCUT2D eigenvalue weighted by Gasteiger charge is -2.03. The molecular formula is C13H12F2N2O4. The molecule has 2 aromatic rings. The van der Waals surface area contributed by atoms with Crippen LogP contribution in [0.1, 0.15) is 0 Å². The van der Waals surface area contributed by atoms with Crippen LogP contribution in [0, 0.1) is 0 Å². The summed E-state index contributed by atoms with van der Waals surface area (Å²) in [5, 5.41) is 6.22. The van der Waals surface area contributed by atoms with Crippen molar-refractivity contribution in [3.8, 4) is 17.0 Å². The summed E-state index contributed by atoms with van der Waals surface area (Å²) in [5.41, 5.74) is 1.08. The lowest BCUT2D eigenvalue weighted by molar-refractivity contribution is -0.119. The summed E-state index contributed by atoms with van der Waals surface area (Å²) in [6.07, 6.45) is 0. The van der Waals surface area contributed by atoms with E-state index in [1.807, 2.05) is 0 Å². The van der Waals surface area contributed by atoms with E-state index in [9.17, 15) is 13.6 Å². The fourth-order valence-corrected chi connectivity index (χ4v) is 1.58. The largest absolute Gasteiger partial charge is 0.435 e. The molecule has 0 saturated heterocycles. The number of rotatable bonds is 6. The fourth-order valence-electron chi connectivity index (χ4n) is 1.58. The molecule has 0 bridgehead atoms. The molecule has 0 atom stereocenters. The van der Waals surface area contributed by atoms with Crippen molar-refractivity contribution in [3.05, 3.63) is 30.3 Å². The van der Waals surface area contributed by atoms with Crippen molar-refractivity contribution in [2.75, 3.05) is 19.0 Å². The summed E-state index contributed by atoms with van der Waals surface area (Å²) in [5.74, 6) is -0.160. The monoisotopic (exact) mass is 298 g/mol. The zero-order chi connectivity index (χ0) is 15.2. The van der Waals surface area contributed by atoms with Crippen molar-refractivity contribution in [2.45, 2.75) is 6.61 Å². The van der Waals surface area contributed by atoms with Crippen LogP contribution < -0.4 is 10.1 Å². The number of ether oxygens (including phenoxy) is 2. The van der Waals surface area contributed by atoms with Gasteiger partial charge in [0.05, 0.1) is 0 Å². The van der Waals surface area contributed by atoms with Gasteiger partial charge in [-0.05, 0) is 24.3 Å². The summed E-state index contributed by atoms with van der Waals surface area (Å²) in [6, 6.07) is 7.39.